The van der Waals surface area contributed by atoms with Crippen LogP contribution < -0.4 is 19.5 Å². The van der Waals surface area contributed by atoms with Gasteiger partial charge in [-0.2, -0.15) is 9.61 Å². The number of methoxy groups -OCH3 is 1. The summed E-state index contributed by atoms with van der Waals surface area (Å²) in [5, 5.41) is 16.4. The fraction of sp³-hybridized carbons (Fsp3) is 0.182. The van der Waals surface area contributed by atoms with Crippen LogP contribution in [-0.4, -0.2) is 45.4 Å². The van der Waals surface area contributed by atoms with Crippen LogP contribution >= 0.6 is 11.8 Å². The highest BCUT2D eigenvalue weighted by Gasteiger charge is 2.16. The summed E-state index contributed by atoms with van der Waals surface area (Å²) < 4.78 is 17.8. The summed E-state index contributed by atoms with van der Waals surface area (Å²) in [5.41, 5.74) is 3.14. The number of ether oxygens (including phenoxy) is 3. The Balaban J connectivity index is 1.27. The van der Waals surface area contributed by atoms with Crippen LogP contribution in [0.1, 0.15) is 5.56 Å². The second-order valence-corrected chi connectivity index (χ2v) is 7.86. The predicted molar refractivity (Wildman–Crippen MR) is 118 cm³/mol. The molecule has 2 aromatic carbocycles. The molecular formula is C22H19N5O4S. The minimum absolute atomic E-state index is 0.121. The molecular weight excluding hydrogens is 430 g/mol. The molecule has 1 aliphatic rings. The summed E-state index contributed by atoms with van der Waals surface area (Å²) in [5.74, 6) is 2.21. The van der Waals surface area contributed by atoms with E-state index in [0.717, 1.165) is 28.3 Å². The molecule has 0 spiro atoms. The topological polar surface area (TPSA) is 99.9 Å². The third kappa shape index (κ3) is 4.04. The van der Waals surface area contributed by atoms with Crippen molar-refractivity contribution >= 4 is 23.3 Å². The van der Waals surface area contributed by atoms with E-state index in [4.69, 9.17) is 14.2 Å². The molecule has 162 valence electrons. The zero-order valence-electron chi connectivity index (χ0n) is 17.1. The molecule has 5 rings (SSSR count). The van der Waals surface area contributed by atoms with E-state index >= 15 is 0 Å². The highest BCUT2D eigenvalue weighted by molar-refractivity contribution is 7.99. The highest BCUT2D eigenvalue weighted by Crippen LogP contribution is 2.35. The lowest BCUT2D eigenvalue weighted by Gasteiger charge is -2.09. The summed E-state index contributed by atoms with van der Waals surface area (Å²) in [6.07, 6.45) is 0. The Bertz CT molecular complexity index is 1290. The molecule has 0 atom stereocenters. The normalized spacial score (nSPS) is 12.2. The van der Waals surface area contributed by atoms with Crippen molar-refractivity contribution in [1.29, 1.82) is 0 Å². The van der Waals surface area contributed by atoms with Crippen molar-refractivity contribution in [3.63, 3.8) is 0 Å². The second kappa shape index (κ2) is 8.75. The molecule has 0 aliphatic carbocycles. The van der Waals surface area contributed by atoms with Crippen LogP contribution in [0, 0.1) is 0 Å². The number of nitrogens with zero attached hydrogens (tertiary/aromatic N) is 4. The molecule has 0 saturated carbocycles. The largest absolute Gasteiger partial charge is 0.496 e. The van der Waals surface area contributed by atoms with E-state index in [1.165, 1.54) is 11.8 Å². The van der Waals surface area contributed by atoms with Gasteiger partial charge in [-0.25, -0.2) is 0 Å². The van der Waals surface area contributed by atoms with Crippen LogP contribution in [0.25, 0.3) is 16.9 Å². The van der Waals surface area contributed by atoms with Gasteiger partial charge in [0, 0.05) is 17.7 Å². The number of carbonyl (C=O) groups excluding carboxylic acids is 1. The maximum Gasteiger partial charge on any atom is 0.231 e. The van der Waals surface area contributed by atoms with Gasteiger partial charge in [0.15, 0.2) is 17.1 Å². The van der Waals surface area contributed by atoms with E-state index in [-0.39, 0.29) is 18.5 Å². The molecule has 4 aromatic rings. The molecule has 9 nitrogen and oxygen atoms in total. The third-order valence-electron chi connectivity index (χ3n) is 4.90. The lowest BCUT2D eigenvalue weighted by atomic mass is 10.1. The van der Waals surface area contributed by atoms with E-state index in [1.807, 2.05) is 54.6 Å². The SMILES string of the molecule is COc1ccccc1CNC(=O)CSc1nnc2ccc(-c3ccc4c(c3)OCO4)nn12. The number of nitrogens with one attached hydrogen (secondary N) is 1. The molecule has 0 radical (unpaired) electrons. The standard InChI is InChI=1S/C22H19N5O4S/c1-29-17-5-3-2-4-15(17)11-23-21(28)12-32-22-25-24-20-9-7-16(26-27(20)22)14-6-8-18-19(10-14)31-13-30-18/h2-10H,11-13H2,1H3,(H,23,28). The van der Waals surface area contributed by atoms with Crippen LogP contribution in [0.5, 0.6) is 17.2 Å². The van der Waals surface area contributed by atoms with Gasteiger partial charge in [-0.05, 0) is 36.4 Å². The Morgan fingerprint density at radius 3 is 2.91 bits per heavy atom. The van der Waals surface area contributed by atoms with Gasteiger partial charge >= 0.3 is 0 Å². The summed E-state index contributed by atoms with van der Waals surface area (Å²) >= 11 is 1.27. The molecule has 0 bridgehead atoms. The van der Waals surface area contributed by atoms with Crippen molar-refractivity contribution in [2.45, 2.75) is 11.7 Å². The van der Waals surface area contributed by atoms with E-state index in [0.29, 0.717) is 23.1 Å². The van der Waals surface area contributed by atoms with Crippen molar-refractivity contribution in [2.24, 2.45) is 0 Å². The maximum absolute atomic E-state index is 12.4. The van der Waals surface area contributed by atoms with Gasteiger partial charge in [-0.15, -0.1) is 10.2 Å². The van der Waals surface area contributed by atoms with Crippen molar-refractivity contribution in [1.82, 2.24) is 25.1 Å². The number of aromatic nitrogens is 4. The van der Waals surface area contributed by atoms with Crippen molar-refractivity contribution < 1.29 is 19.0 Å². The minimum atomic E-state index is -0.121. The predicted octanol–water partition coefficient (Wildman–Crippen LogP) is 2.94. The van der Waals surface area contributed by atoms with Gasteiger partial charge in [0.2, 0.25) is 17.9 Å². The molecule has 1 amide bonds. The molecule has 1 N–H and O–H groups in total. The number of fused-ring (bicyclic) bond motifs is 2. The van der Waals surface area contributed by atoms with E-state index in [1.54, 1.807) is 11.6 Å². The zero-order chi connectivity index (χ0) is 21.9. The van der Waals surface area contributed by atoms with E-state index in [2.05, 4.69) is 20.6 Å². The Labute approximate surface area is 187 Å². The Kier molecular flexibility index (Phi) is 5.51. The second-order valence-electron chi connectivity index (χ2n) is 6.92. The average molecular weight is 449 g/mol. The fourth-order valence-corrected chi connectivity index (χ4v) is 4.01. The van der Waals surface area contributed by atoms with Crippen LogP contribution in [0.2, 0.25) is 0 Å². The summed E-state index contributed by atoms with van der Waals surface area (Å²) in [6.45, 7) is 0.604. The first kappa shape index (κ1) is 20.1. The summed E-state index contributed by atoms with van der Waals surface area (Å²) in [4.78, 5) is 12.4. The van der Waals surface area contributed by atoms with Crippen molar-refractivity contribution in [2.75, 3.05) is 19.7 Å². The number of thioether (sulfide) groups is 1. The molecule has 0 saturated heterocycles. The summed E-state index contributed by atoms with van der Waals surface area (Å²) in [6, 6.07) is 17.0. The Morgan fingerprint density at radius 1 is 1.12 bits per heavy atom. The zero-order valence-corrected chi connectivity index (χ0v) is 18.0. The Hall–Kier alpha value is -3.79. The molecule has 32 heavy (non-hydrogen) atoms. The quantitative estimate of drug-likeness (QED) is 0.430. The fourth-order valence-electron chi connectivity index (χ4n) is 3.29. The monoisotopic (exact) mass is 449 g/mol. The van der Waals surface area contributed by atoms with Crippen LogP contribution in [0.15, 0.2) is 59.8 Å². The van der Waals surface area contributed by atoms with Crippen LogP contribution in [-0.2, 0) is 11.3 Å². The lowest BCUT2D eigenvalue weighted by molar-refractivity contribution is -0.118. The minimum Gasteiger partial charge on any atom is -0.496 e. The number of carbonyl (C=O) groups is 1. The first-order valence-electron chi connectivity index (χ1n) is 9.85. The Morgan fingerprint density at radius 2 is 2.00 bits per heavy atom. The first-order valence-corrected chi connectivity index (χ1v) is 10.8. The average Bonchev–Trinajstić information content (AvgIpc) is 3.47. The van der Waals surface area contributed by atoms with Gasteiger partial charge in [0.05, 0.1) is 18.6 Å². The van der Waals surface area contributed by atoms with E-state index in [9.17, 15) is 4.79 Å². The smallest absolute Gasteiger partial charge is 0.231 e. The molecule has 1 aliphatic heterocycles. The number of hydrogen-bond donors (Lipinski definition) is 1. The van der Waals surface area contributed by atoms with Crippen molar-refractivity contribution in [3.8, 4) is 28.5 Å². The van der Waals surface area contributed by atoms with Gasteiger partial charge in [-0.3, -0.25) is 4.79 Å². The molecule has 0 fully saturated rings. The van der Waals surface area contributed by atoms with Crippen LogP contribution in [0.4, 0.5) is 0 Å². The molecule has 2 aromatic heterocycles. The van der Waals surface area contributed by atoms with Gasteiger partial charge in [0.25, 0.3) is 0 Å². The maximum atomic E-state index is 12.4. The van der Waals surface area contributed by atoms with Crippen LogP contribution in [0.3, 0.4) is 0 Å². The first-order chi connectivity index (χ1) is 15.7. The van der Waals surface area contributed by atoms with Crippen molar-refractivity contribution in [3.05, 3.63) is 60.2 Å². The number of rotatable bonds is 7. The number of hydrogen-bond acceptors (Lipinski definition) is 8. The molecule has 0 unspecified atom stereocenters. The number of para-hydroxylation sites is 1. The van der Waals surface area contributed by atoms with Gasteiger partial charge < -0.3 is 19.5 Å². The van der Waals surface area contributed by atoms with Gasteiger partial charge in [-0.1, -0.05) is 30.0 Å². The highest BCUT2D eigenvalue weighted by atomic mass is 32.2. The number of amides is 1. The summed E-state index contributed by atoms with van der Waals surface area (Å²) in [7, 11) is 1.61. The van der Waals surface area contributed by atoms with E-state index < -0.39 is 0 Å². The third-order valence-corrected chi connectivity index (χ3v) is 5.82. The lowest BCUT2D eigenvalue weighted by Crippen LogP contribution is -2.24. The van der Waals surface area contributed by atoms with Gasteiger partial charge in [0.1, 0.15) is 5.75 Å². The molecule has 10 heteroatoms. The number of benzene rings is 2. The molecule has 3 heterocycles.